The summed E-state index contributed by atoms with van der Waals surface area (Å²) in [5.41, 5.74) is 0. The quantitative estimate of drug-likeness (QED) is 0.906. The van der Waals surface area contributed by atoms with Crippen molar-refractivity contribution in [2.75, 3.05) is 30.4 Å². The lowest BCUT2D eigenvalue weighted by atomic mass is 10.1. The molecule has 2 aromatic heterocycles. The second kappa shape index (κ2) is 5.44. The first-order valence-corrected chi connectivity index (χ1v) is 6.99. The summed E-state index contributed by atoms with van der Waals surface area (Å²) in [5, 5.41) is 7.17. The minimum absolute atomic E-state index is 0.546. The van der Waals surface area contributed by atoms with Gasteiger partial charge in [-0.1, -0.05) is 13.3 Å². The van der Waals surface area contributed by atoms with E-state index in [1.165, 1.54) is 12.8 Å². The van der Waals surface area contributed by atoms with Crippen LogP contribution in [0.25, 0.3) is 5.95 Å². The molecule has 1 unspecified atom stereocenters. The summed E-state index contributed by atoms with van der Waals surface area (Å²) in [5.74, 6) is 2.58. The second-order valence-electron chi connectivity index (χ2n) is 4.97. The lowest BCUT2D eigenvalue weighted by molar-refractivity contribution is 0.568. The maximum Gasteiger partial charge on any atom is 0.257 e. The smallest absolute Gasteiger partial charge is 0.257 e. The summed E-state index contributed by atoms with van der Waals surface area (Å²) in [6.07, 6.45) is 5.95. The molecule has 0 saturated carbocycles. The predicted molar refractivity (Wildman–Crippen MR) is 77.1 cm³/mol. The van der Waals surface area contributed by atoms with Gasteiger partial charge in [0.2, 0.25) is 11.9 Å². The molecule has 1 fully saturated rings. The molecule has 0 radical (unpaired) electrons. The maximum atomic E-state index is 4.54. The van der Waals surface area contributed by atoms with E-state index < -0.39 is 0 Å². The van der Waals surface area contributed by atoms with Gasteiger partial charge < -0.3 is 10.2 Å². The van der Waals surface area contributed by atoms with Crippen LogP contribution >= 0.6 is 0 Å². The number of rotatable bonds is 4. The van der Waals surface area contributed by atoms with E-state index in [9.17, 15) is 0 Å². The molecule has 106 valence electrons. The van der Waals surface area contributed by atoms with Gasteiger partial charge in [-0.2, -0.15) is 20.1 Å². The van der Waals surface area contributed by atoms with Crippen molar-refractivity contribution in [3.63, 3.8) is 0 Å². The zero-order valence-corrected chi connectivity index (χ0v) is 11.8. The molecule has 7 heteroatoms. The number of aromatic nitrogens is 5. The van der Waals surface area contributed by atoms with Gasteiger partial charge in [0.25, 0.3) is 5.95 Å². The predicted octanol–water partition coefficient (Wildman–Crippen LogP) is 1.34. The summed E-state index contributed by atoms with van der Waals surface area (Å²) >= 11 is 0. The third-order valence-corrected chi connectivity index (χ3v) is 3.69. The van der Waals surface area contributed by atoms with Gasteiger partial charge in [0.05, 0.1) is 0 Å². The Morgan fingerprint density at radius 1 is 1.30 bits per heavy atom. The van der Waals surface area contributed by atoms with E-state index >= 15 is 0 Å². The van der Waals surface area contributed by atoms with Crippen LogP contribution in [0.3, 0.4) is 0 Å². The Morgan fingerprint density at radius 2 is 2.15 bits per heavy atom. The number of nitrogens with one attached hydrogen (secondary N) is 1. The first-order valence-electron chi connectivity index (χ1n) is 6.99. The van der Waals surface area contributed by atoms with Gasteiger partial charge in [-0.25, -0.2) is 4.68 Å². The third-order valence-electron chi connectivity index (χ3n) is 3.69. The van der Waals surface area contributed by atoms with Crippen molar-refractivity contribution < 1.29 is 0 Å². The van der Waals surface area contributed by atoms with Crippen LogP contribution in [-0.2, 0) is 0 Å². The zero-order chi connectivity index (χ0) is 13.9. The first-order chi connectivity index (χ1) is 9.80. The highest BCUT2D eigenvalue weighted by Crippen LogP contribution is 2.23. The van der Waals surface area contributed by atoms with Crippen LogP contribution in [0.15, 0.2) is 18.5 Å². The number of hydrogen-bond acceptors (Lipinski definition) is 6. The fourth-order valence-corrected chi connectivity index (χ4v) is 2.44. The SMILES string of the molecule is CCC1CCN(c2nc(NC)nc(-n3cccn3)n2)C1. The fraction of sp³-hybridized carbons (Fsp3) is 0.538. The zero-order valence-electron chi connectivity index (χ0n) is 11.8. The molecule has 0 amide bonds. The minimum atomic E-state index is 0.546. The van der Waals surface area contributed by atoms with Crippen LogP contribution in [-0.4, -0.2) is 44.9 Å². The molecule has 20 heavy (non-hydrogen) atoms. The topological polar surface area (TPSA) is 71.8 Å². The maximum absolute atomic E-state index is 4.54. The molecule has 7 nitrogen and oxygen atoms in total. The van der Waals surface area contributed by atoms with Crippen molar-refractivity contribution in [2.24, 2.45) is 5.92 Å². The van der Waals surface area contributed by atoms with Crippen LogP contribution in [0.4, 0.5) is 11.9 Å². The van der Waals surface area contributed by atoms with Crippen molar-refractivity contribution >= 4 is 11.9 Å². The van der Waals surface area contributed by atoms with Crippen molar-refractivity contribution in [2.45, 2.75) is 19.8 Å². The van der Waals surface area contributed by atoms with E-state index in [0.29, 0.717) is 11.9 Å². The summed E-state index contributed by atoms with van der Waals surface area (Å²) in [4.78, 5) is 15.6. The van der Waals surface area contributed by atoms with Gasteiger partial charge in [-0.15, -0.1) is 0 Å². The molecule has 1 aliphatic heterocycles. The molecule has 3 rings (SSSR count). The third kappa shape index (κ3) is 2.43. The Balaban J connectivity index is 1.93. The number of nitrogens with zero attached hydrogens (tertiary/aromatic N) is 6. The monoisotopic (exact) mass is 273 g/mol. The summed E-state index contributed by atoms with van der Waals surface area (Å²) < 4.78 is 1.65. The first kappa shape index (κ1) is 12.8. The van der Waals surface area contributed by atoms with Crippen LogP contribution in [0.2, 0.25) is 0 Å². The average molecular weight is 273 g/mol. The molecule has 1 N–H and O–H groups in total. The number of anilines is 2. The Hall–Kier alpha value is -2.18. The highest BCUT2D eigenvalue weighted by atomic mass is 15.4. The van der Waals surface area contributed by atoms with Gasteiger partial charge in [0, 0.05) is 32.5 Å². The normalized spacial score (nSPS) is 18.5. The Labute approximate surface area is 118 Å². The van der Waals surface area contributed by atoms with E-state index in [0.717, 1.165) is 25.0 Å². The lowest BCUT2D eigenvalue weighted by Gasteiger charge is -2.17. The molecule has 0 aromatic carbocycles. The Morgan fingerprint density at radius 3 is 2.80 bits per heavy atom. The summed E-state index contributed by atoms with van der Waals surface area (Å²) in [6.45, 7) is 4.25. The standard InChI is InChI=1S/C13H19N7/c1-3-10-5-8-19(9-10)12-16-11(14-2)17-13(18-12)20-7-4-6-15-20/h4,6-7,10H,3,5,8-9H2,1-2H3,(H,14,16,17,18). The highest BCUT2D eigenvalue weighted by Gasteiger charge is 2.24. The van der Waals surface area contributed by atoms with Crippen molar-refractivity contribution in [1.29, 1.82) is 0 Å². The van der Waals surface area contributed by atoms with Crippen molar-refractivity contribution in [1.82, 2.24) is 24.7 Å². The molecular formula is C13H19N7. The van der Waals surface area contributed by atoms with E-state index in [-0.39, 0.29) is 0 Å². The average Bonchev–Trinajstić information content (AvgIpc) is 3.17. The van der Waals surface area contributed by atoms with Crippen LogP contribution in [0.5, 0.6) is 0 Å². The summed E-state index contributed by atoms with van der Waals surface area (Å²) in [7, 11) is 1.81. The van der Waals surface area contributed by atoms with Gasteiger partial charge in [-0.3, -0.25) is 0 Å². The molecule has 3 heterocycles. The van der Waals surface area contributed by atoms with Crippen LogP contribution in [0.1, 0.15) is 19.8 Å². The minimum Gasteiger partial charge on any atom is -0.357 e. The molecule has 1 saturated heterocycles. The highest BCUT2D eigenvalue weighted by molar-refractivity contribution is 5.40. The van der Waals surface area contributed by atoms with Crippen LogP contribution in [0, 0.1) is 5.92 Å². The van der Waals surface area contributed by atoms with Crippen LogP contribution < -0.4 is 10.2 Å². The molecule has 1 aliphatic rings. The fourth-order valence-electron chi connectivity index (χ4n) is 2.44. The largest absolute Gasteiger partial charge is 0.357 e. The van der Waals surface area contributed by atoms with E-state index in [4.69, 9.17) is 0 Å². The van der Waals surface area contributed by atoms with E-state index in [1.807, 2.05) is 19.3 Å². The van der Waals surface area contributed by atoms with E-state index in [1.54, 1.807) is 10.9 Å². The molecule has 0 aliphatic carbocycles. The Bertz CT molecular complexity index is 566. The van der Waals surface area contributed by atoms with Gasteiger partial charge in [0.1, 0.15) is 0 Å². The molecule has 0 spiro atoms. The lowest BCUT2D eigenvalue weighted by Crippen LogP contribution is -2.23. The molecular weight excluding hydrogens is 254 g/mol. The van der Waals surface area contributed by atoms with Crippen molar-refractivity contribution in [3.05, 3.63) is 18.5 Å². The number of hydrogen-bond donors (Lipinski definition) is 1. The molecule has 1 atom stereocenters. The summed E-state index contributed by atoms with van der Waals surface area (Å²) in [6, 6.07) is 1.85. The van der Waals surface area contributed by atoms with Gasteiger partial charge in [0.15, 0.2) is 0 Å². The van der Waals surface area contributed by atoms with Gasteiger partial charge in [-0.05, 0) is 18.4 Å². The van der Waals surface area contributed by atoms with E-state index in [2.05, 4.69) is 37.2 Å². The molecule has 2 aromatic rings. The Kier molecular flexibility index (Phi) is 3.49. The van der Waals surface area contributed by atoms with Crippen molar-refractivity contribution in [3.8, 4) is 5.95 Å². The second-order valence-corrected chi connectivity index (χ2v) is 4.97. The molecule has 0 bridgehead atoms. The van der Waals surface area contributed by atoms with Gasteiger partial charge >= 0.3 is 0 Å².